The van der Waals surface area contributed by atoms with E-state index in [1.807, 2.05) is 37.3 Å². The van der Waals surface area contributed by atoms with Crippen LogP contribution in [-0.2, 0) is 32.5 Å². The Morgan fingerprint density at radius 1 is 0.846 bits per heavy atom. The smallest absolute Gasteiger partial charge is 0.325 e. The average molecular weight is 738 g/mol. The lowest BCUT2D eigenvalue weighted by atomic mass is 9.86. The summed E-state index contributed by atoms with van der Waals surface area (Å²) < 4.78 is 42.9. The van der Waals surface area contributed by atoms with Gasteiger partial charge in [0.2, 0.25) is 10.0 Å². The number of fused-ring (bicyclic) bond motifs is 2. The van der Waals surface area contributed by atoms with Gasteiger partial charge in [0, 0.05) is 47.0 Å². The number of benzene rings is 2. The van der Waals surface area contributed by atoms with Gasteiger partial charge < -0.3 is 40.3 Å². The molecule has 0 amide bonds. The molecular weight excluding hydrogens is 687 g/mol. The van der Waals surface area contributed by atoms with Gasteiger partial charge in [-0.25, -0.2) is 8.42 Å². The van der Waals surface area contributed by atoms with E-state index in [4.69, 9.17) is 9.47 Å². The number of carboxylic acids is 2. The van der Waals surface area contributed by atoms with E-state index >= 15 is 0 Å². The Bertz CT molecular complexity index is 1950. The molecule has 6 rings (SSSR count). The Morgan fingerprint density at radius 2 is 1.37 bits per heavy atom. The molecule has 0 bridgehead atoms. The molecule has 4 aromatic rings. The Hall–Kier alpha value is -4.11. The summed E-state index contributed by atoms with van der Waals surface area (Å²) in [6, 6.07) is 11.0. The van der Waals surface area contributed by atoms with Crippen molar-refractivity contribution in [1.82, 2.24) is 25.3 Å². The first-order valence-electron chi connectivity index (χ1n) is 18.4. The second kappa shape index (κ2) is 16.7. The molecule has 2 saturated heterocycles. The summed E-state index contributed by atoms with van der Waals surface area (Å²) in [5.74, 6) is -0.811. The van der Waals surface area contributed by atoms with Gasteiger partial charge in [0.05, 0.1) is 13.2 Å². The van der Waals surface area contributed by atoms with E-state index in [2.05, 4.69) is 25.3 Å². The van der Waals surface area contributed by atoms with Crippen molar-refractivity contribution in [1.29, 1.82) is 0 Å². The van der Waals surface area contributed by atoms with Crippen molar-refractivity contribution >= 4 is 43.8 Å². The molecular formula is C38H51N5O8S. The van der Waals surface area contributed by atoms with Crippen LogP contribution in [0.3, 0.4) is 0 Å². The number of aromatic nitrogens is 2. The fraction of sp³-hybridized carbons (Fsp3) is 0.526. The minimum absolute atomic E-state index is 0.0339. The second-order valence-corrected chi connectivity index (χ2v) is 16.3. The third kappa shape index (κ3) is 8.91. The number of ether oxygens (including phenoxy) is 2. The highest BCUT2D eigenvalue weighted by atomic mass is 32.2. The summed E-state index contributed by atoms with van der Waals surface area (Å²) in [5.41, 5.74) is 0.524. The van der Waals surface area contributed by atoms with Gasteiger partial charge in [-0.1, -0.05) is 19.8 Å². The zero-order valence-electron chi connectivity index (χ0n) is 29.7. The fourth-order valence-electron chi connectivity index (χ4n) is 7.41. The van der Waals surface area contributed by atoms with Gasteiger partial charge in [0.25, 0.3) is 0 Å². The van der Waals surface area contributed by atoms with Crippen LogP contribution in [0.1, 0.15) is 63.0 Å². The highest BCUT2D eigenvalue weighted by molar-refractivity contribution is 7.90. The number of piperidine rings is 2. The van der Waals surface area contributed by atoms with Crippen LogP contribution in [0.5, 0.6) is 11.5 Å². The molecule has 2 aliphatic rings. The van der Waals surface area contributed by atoms with Gasteiger partial charge in [0.15, 0.2) is 5.25 Å². The number of hydrogen-bond acceptors (Lipinski definition) is 8. The van der Waals surface area contributed by atoms with Crippen molar-refractivity contribution in [3.8, 4) is 11.5 Å². The van der Waals surface area contributed by atoms with Crippen LogP contribution >= 0.6 is 0 Å². The molecule has 4 heterocycles. The van der Waals surface area contributed by atoms with Crippen molar-refractivity contribution in [3.05, 3.63) is 59.9 Å². The summed E-state index contributed by atoms with van der Waals surface area (Å²) >= 11 is 0. The normalized spacial score (nSPS) is 17.9. The summed E-state index contributed by atoms with van der Waals surface area (Å²) in [5, 5.41) is 27.2. The van der Waals surface area contributed by atoms with Crippen molar-refractivity contribution in [2.24, 2.45) is 11.8 Å². The largest absolute Gasteiger partial charge is 0.493 e. The maximum Gasteiger partial charge on any atom is 0.325 e. The lowest BCUT2D eigenvalue weighted by Crippen LogP contribution is -2.59. The molecule has 2 aliphatic heterocycles. The van der Waals surface area contributed by atoms with Crippen LogP contribution in [0.2, 0.25) is 0 Å². The highest BCUT2D eigenvalue weighted by Crippen LogP contribution is 2.32. The lowest BCUT2D eigenvalue weighted by Gasteiger charge is -2.31. The molecule has 282 valence electrons. The monoisotopic (exact) mass is 737 g/mol. The van der Waals surface area contributed by atoms with E-state index in [0.717, 1.165) is 62.8 Å². The van der Waals surface area contributed by atoms with E-state index in [9.17, 15) is 28.2 Å². The number of aromatic amines is 2. The maximum absolute atomic E-state index is 14.1. The predicted molar refractivity (Wildman–Crippen MR) is 200 cm³/mol. The van der Waals surface area contributed by atoms with Gasteiger partial charge >= 0.3 is 11.9 Å². The van der Waals surface area contributed by atoms with E-state index in [1.54, 1.807) is 18.5 Å². The van der Waals surface area contributed by atoms with Crippen LogP contribution in [-0.4, -0.2) is 90.7 Å². The van der Waals surface area contributed by atoms with Gasteiger partial charge in [-0.3, -0.25) is 9.59 Å². The Balaban J connectivity index is 1.23. The van der Waals surface area contributed by atoms with Crippen molar-refractivity contribution in [2.45, 2.75) is 75.5 Å². The van der Waals surface area contributed by atoms with Crippen LogP contribution in [0.15, 0.2) is 48.8 Å². The van der Waals surface area contributed by atoms with E-state index in [0.29, 0.717) is 71.4 Å². The molecule has 2 atom stereocenters. The zero-order valence-corrected chi connectivity index (χ0v) is 30.5. The molecule has 2 fully saturated rings. The molecule has 0 radical (unpaired) electrons. The molecule has 0 spiro atoms. The standard InChI is InChI=1S/C38H51N5O8S/c1-2-3-12-38(37(46)47,20-28-22-42-34-7-5-30(19-32(28)34)51-24-26-10-15-40-16-11-26)43-52(48,49)35(36(44)45)17-27-21-41-33-6-4-29(18-31(27)33)50-23-25-8-13-39-14-9-25/h4-7,18-19,21-22,25-26,35,39-43H,2-3,8-17,20,23-24H2,1H3,(H,44,45)(H,46,47). The van der Waals surface area contributed by atoms with E-state index < -0.39 is 32.8 Å². The van der Waals surface area contributed by atoms with Gasteiger partial charge in [0.1, 0.15) is 17.0 Å². The maximum atomic E-state index is 14.1. The third-order valence-corrected chi connectivity index (χ3v) is 12.4. The molecule has 7 N–H and O–H groups in total. The quantitative estimate of drug-likeness (QED) is 0.0760. The first-order chi connectivity index (χ1) is 25.1. The number of rotatable bonds is 18. The Morgan fingerprint density at radius 3 is 1.87 bits per heavy atom. The number of sulfonamides is 1. The molecule has 52 heavy (non-hydrogen) atoms. The molecule has 0 aliphatic carbocycles. The predicted octanol–water partition coefficient (Wildman–Crippen LogP) is 4.58. The number of aliphatic carboxylic acids is 2. The first-order valence-corrected chi connectivity index (χ1v) is 20.0. The minimum atomic E-state index is -4.74. The Kier molecular flexibility index (Phi) is 12.1. The van der Waals surface area contributed by atoms with Gasteiger partial charge in [-0.05, 0) is 118 Å². The summed E-state index contributed by atoms with van der Waals surface area (Å²) in [6.07, 6.45) is 7.79. The lowest BCUT2D eigenvalue weighted by molar-refractivity contribution is -0.144. The summed E-state index contributed by atoms with van der Waals surface area (Å²) in [6.45, 7) is 6.83. The van der Waals surface area contributed by atoms with Crippen molar-refractivity contribution in [3.63, 3.8) is 0 Å². The molecule has 14 heteroatoms. The summed E-state index contributed by atoms with van der Waals surface area (Å²) in [7, 11) is -4.74. The third-order valence-electron chi connectivity index (χ3n) is 10.6. The number of unbranched alkanes of at least 4 members (excludes halogenated alkanes) is 1. The first kappa shape index (κ1) is 37.6. The molecule has 2 unspecified atom stereocenters. The van der Waals surface area contributed by atoms with Crippen LogP contribution in [0.4, 0.5) is 0 Å². The zero-order chi connectivity index (χ0) is 36.7. The number of nitrogens with one attached hydrogen (secondary N) is 5. The Labute approximate surface area is 304 Å². The minimum Gasteiger partial charge on any atom is -0.493 e. The van der Waals surface area contributed by atoms with Crippen LogP contribution in [0.25, 0.3) is 21.8 Å². The van der Waals surface area contributed by atoms with Gasteiger partial charge in [-0.2, -0.15) is 4.72 Å². The van der Waals surface area contributed by atoms with Crippen LogP contribution < -0.4 is 24.8 Å². The summed E-state index contributed by atoms with van der Waals surface area (Å²) in [4.78, 5) is 32.2. The number of carbonyl (C=O) groups is 2. The topological polar surface area (TPSA) is 195 Å². The average Bonchev–Trinajstić information content (AvgIpc) is 3.74. The second-order valence-electron chi connectivity index (χ2n) is 14.4. The molecule has 2 aromatic heterocycles. The van der Waals surface area contributed by atoms with Crippen molar-refractivity contribution in [2.75, 3.05) is 39.4 Å². The molecule has 2 aromatic carbocycles. The SMILES string of the molecule is CCCCC(Cc1c[nH]c2ccc(OCC3CCNCC3)cc12)(NS(=O)(=O)C(Cc1c[nH]c2ccc(OCC3CCNCC3)cc12)C(=O)O)C(=O)O. The highest BCUT2D eigenvalue weighted by Gasteiger charge is 2.46. The van der Waals surface area contributed by atoms with E-state index in [1.165, 1.54) is 0 Å². The van der Waals surface area contributed by atoms with Gasteiger partial charge in [-0.15, -0.1) is 0 Å². The number of H-pyrrole nitrogens is 2. The number of carboxylic acid groups (broad SMARTS) is 2. The fourth-order valence-corrected chi connectivity index (χ4v) is 9.03. The molecule has 0 saturated carbocycles. The van der Waals surface area contributed by atoms with Crippen molar-refractivity contribution < 1.29 is 37.7 Å². The van der Waals surface area contributed by atoms with Crippen LogP contribution in [0, 0.1) is 11.8 Å². The molecule has 13 nitrogen and oxygen atoms in total. The van der Waals surface area contributed by atoms with E-state index in [-0.39, 0.29) is 19.3 Å². The number of hydrogen-bond donors (Lipinski definition) is 7.